The number of anilines is 1. The quantitative estimate of drug-likeness (QED) is 0.519. The Balaban J connectivity index is 1.49. The molecule has 5 rings (SSSR count). The Bertz CT molecular complexity index is 1340. The van der Waals surface area contributed by atoms with Crippen molar-refractivity contribution >= 4 is 33.5 Å². The van der Waals surface area contributed by atoms with Crippen molar-refractivity contribution in [2.45, 2.75) is 0 Å². The van der Waals surface area contributed by atoms with Gasteiger partial charge >= 0.3 is 0 Å². The smallest absolute Gasteiger partial charge is 0.260 e. The first-order valence-corrected chi connectivity index (χ1v) is 8.71. The molecule has 0 saturated heterocycles. The molecule has 1 N–H and O–H groups in total. The molecule has 0 atom stereocenters. The molecule has 0 spiro atoms. The molecule has 3 aromatic heterocycles. The first-order chi connectivity index (χ1) is 13.7. The average molecular weight is 369 g/mol. The largest absolute Gasteiger partial charge is 0.355 e. The number of pyridine rings is 1. The molecular formula is C21H15N5O2. The van der Waals surface area contributed by atoms with Crippen molar-refractivity contribution in [1.29, 1.82) is 0 Å². The molecule has 0 bridgehead atoms. The summed E-state index contributed by atoms with van der Waals surface area (Å²) in [5.74, 6) is 0.176. The second kappa shape index (κ2) is 6.31. The first-order valence-electron chi connectivity index (χ1n) is 8.71. The number of carbonyl (C=O) groups excluding carboxylic acids is 1. The van der Waals surface area contributed by atoms with E-state index in [1.54, 1.807) is 29.2 Å². The summed E-state index contributed by atoms with van der Waals surface area (Å²) < 4.78 is 6.97. The minimum Gasteiger partial charge on any atom is -0.355 e. The van der Waals surface area contributed by atoms with Gasteiger partial charge in [0.15, 0.2) is 5.58 Å². The number of aromatic nitrogens is 4. The van der Waals surface area contributed by atoms with Crippen molar-refractivity contribution < 1.29 is 9.32 Å². The van der Waals surface area contributed by atoms with Crippen LogP contribution < -0.4 is 5.32 Å². The van der Waals surface area contributed by atoms with Gasteiger partial charge in [-0.2, -0.15) is 5.10 Å². The molecule has 3 heterocycles. The summed E-state index contributed by atoms with van der Waals surface area (Å²) in [7, 11) is 1.89. The lowest BCUT2D eigenvalue weighted by Crippen LogP contribution is -2.13. The molecule has 7 heteroatoms. The van der Waals surface area contributed by atoms with Gasteiger partial charge in [0.05, 0.1) is 18.0 Å². The fourth-order valence-electron chi connectivity index (χ4n) is 3.22. The van der Waals surface area contributed by atoms with Crippen LogP contribution in [0.25, 0.3) is 32.9 Å². The molecule has 0 aliphatic carbocycles. The van der Waals surface area contributed by atoms with E-state index in [1.165, 1.54) is 0 Å². The highest BCUT2D eigenvalue weighted by atomic mass is 16.5. The van der Waals surface area contributed by atoms with Crippen molar-refractivity contribution in [1.82, 2.24) is 19.9 Å². The number of para-hydroxylation sites is 1. The fraction of sp³-hybridized carbons (Fsp3) is 0.0476. The number of rotatable bonds is 3. The standard InChI is InChI=1S/C21H15N5O2/c1-26-12-17(10-23-26)13-5-6-14-9-22-19(8-16(14)7-13)25-21(27)18-4-2-3-15-11-24-28-20(15)18/h2-12H,1H3,(H,22,25,27). The maximum absolute atomic E-state index is 12.7. The van der Waals surface area contributed by atoms with Gasteiger partial charge in [-0.05, 0) is 35.2 Å². The van der Waals surface area contributed by atoms with E-state index in [1.807, 2.05) is 43.7 Å². The van der Waals surface area contributed by atoms with Crippen LogP contribution in [0, 0.1) is 0 Å². The van der Waals surface area contributed by atoms with E-state index in [0.717, 1.165) is 27.3 Å². The normalized spacial score (nSPS) is 11.2. The molecule has 2 aromatic carbocycles. The maximum Gasteiger partial charge on any atom is 0.260 e. The summed E-state index contributed by atoms with van der Waals surface area (Å²) >= 11 is 0. The molecule has 1 amide bonds. The highest BCUT2D eigenvalue weighted by Crippen LogP contribution is 2.26. The number of carbonyl (C=O) groups is 1. The van der Waals surface area contributed by atoms with Crippen molar-refractivity contribution in [2.24, 2.45) is 7.05 Å². The van der Waals surface area contributed by atoms with Crippen molar-refractivity contribution in [3.63, 3.8) is 0 Å². The van der Waals surface area contributed by atoms with Gasteiger partial charge in [0.1, 0.15) is 5.82 Å². The number of hydrogen-bond donors (Lipinski definition) is 1. The van der Waals surface area contributed by atoms with E-state index >= 15 is 0 Å². The number of nitrogens with zero attached hydrogens (tertiary/aromatic N) is 4. The SMILES string of the molecule is Cn1cc(-c2ccc3cnc(NC(=O)c4cccc5cnoc45)cc3c2)cn1. The highest BCUT2D eigenvalue weighted by molar-refractivity contribution is 6.11. The van der Waals surface area contributed by atoms with Crippen LogP contribution in [0.1, 0.15) is 10.4 Å². The van der Waals surface area contributed by atoms with Crippen LogP contribution >= 0.6 is 0 Å². The Morgan fingerprint density at radius 2 is 1.93 bits per heavy atom. The summed E-state index contributed by atoms with van der Waals surface area (Å²) in [4.78, 5) is 17.1. The number of benzene rings is 2. The topological polar surface area (TPSA) is 85.8 Å². The van der Waals surface area contributed by atoms with E-state index < -0.39 is 0 Å². The predicted molar refractivity (Wildman–Crippen MR) is 106 cm³/mol. The fourth-order valence-corrected chi connectivity index (χ4v) is 3.22. The van der Waals surface area contributed by atoms with E-state index in [-0.39, 0.29) is 5.91 Å². The Morgan fingerprint density at radius 3 is 2.79 bits per heavy atom. The van der Waals surface area contributed by atoms with Gasteiger partial charge in [-0.1, -0.05) is 23.4 Å². The lowest BCUT2D eigenvalue weighted by atomic mass is 10.0. The molecule has 0 unspecified atom stereocenters. The molecular weight excluding hydrogens is 354 g/mol. The van der Waals surface area contributed by atoms with E-state index in [2.05, 4.69) is 26.6 Å². The zero-order chi connectivity index (χ0) is 19.1. The van der Waals surface area contributed by atoms with Crippen LogP contribution in [0.2, 0.25) is 0 Å². The van der Waals surface area contributed by atoms with Gasteiger partial charge in [0, 0.05) is 35.8 Å². The van der Waals surface area contributed by atoms with E-state index in [9.17, 15) is 4.79 Å². The van der Waals surface area contributed by atoms with Gasteiger partial charge in [0.2, 0.25) is 0 Å². The summed E-state index contributed by atoms with van der Waals surface area (Å²) in [5, 5.41) is 13.6. The molecule has 0 radical (unpaired) electrons. The first kappa shape index (κ1) is 16.2. The van der Waals surface area contributed by atoms with Crippen LogP contribution in [0.15, 0.2) is 71.8 Å². The van der Waals surface area contributed by atoms with Crippen LogP contribution in [0.3, 0.4) is 0 Å². The van der Waals surface area contributed by atoms with Crippen molar-refractivity contribution in [2.75, 3.05) is 5.32 Å². The Kier molecular flexibility index (Phi) is 3.65. The maximum atomic E-state index is 12.7. The van der Waals surface area contributed by atoms with Crippen LogP contribution in [-0.2, 0) is 7.05 Å². The number of fused-ring (bicyclic) bond motifs is 2. The third-order valence-corrected chi connectivity index (χ3v) is 4.63. The van der Waals surface area contributed by atoms with Crippen molar-refractivity contribution in [3.05, 3.63) is 72.8 Å². The second-order valence-corrected chi connectivity index (χ2v) is 6.54. The zero-order valence-electron chi connectivity index (χ0n) is 15.0. The van der Waals surface area contributed by atoms with E-state index in [0.29, 0.717) is 17.0 Å². The van der Waals surface area contributed by atoms with Gasteiger partial charge in [-0.15, -0.1) is 0 Å². The average Bonchev–Trinajstić information content (AvgIpc) is 3.36. The van der Waals surface area contributed by atoms with Crippen LogP contribution in [0.5, 0.6) is 0 Å². The lowest BCUT2D eigenvalue weighted by molar-refractivity contribution is 0.102. The predicted octanol–water partition coefficient (Wildman–Crippen LogP) is 4.03. The Labute approximate surface area is 159 Å². The molecule has 136 valence electrons. The number of amides is 1. The molecule has 0 saturated carbocycles. The highest BCUT2D eigenvalue weighted by Gasteiger charge is 2.14. The summed E-state index contributed by atoms with van der Waals surface area (Å²) in [6.45, 7) is 0. The molecule has 7 nitrogen and oxygen atoms in total. The summed E-state index contributed by atoms with van der Waals surface area (Å²) in [6.07, 6.45) is 7.11. The van der Waals surface area contributed by atoms with Gasteiger partial charge < -0.3 is 9.84 Å². The molecule has 28 heavy (non-hydrogen) atoms. The molecule has 0 fully saturated rings. The monoisotopic (exact) mass is 369 g/mol. The van der Waals surface area contributed by atoms with Crippen LogP contribution in [-0.4, -0.2) is 25.8 Å². The number of nitrogens with one attached hydrogen (secondary N) is 1. The van der Waals surface area contributed by atoms with E-state index in [4.69, 9.17) is 4.52 Å². The summed E-state index contributed by atoms with van der Waals surface area (Å²) in [6, 6.07) is 13.3. The Hall–Kier alpha value is -4.00. The minimum absolute atomic E-state index is 0.294. The molecule has 0 aliphatic rings. The molecule has 5 aromatic rings. The lowest BCUT2D eigenvalue weighted by Gasteiger charge is -2.07. The minimum atomic E-state index is -0.294. The van der Waals surface area contributed by atoms with Gasteiger partial charge in [-0.25, -0.2) is 4.98 Å². The molecule has 0 aliphatic heterocycles. The number of aryl methyl sites for hydroxylation is 1. The zero-order valence-corrected chi connectivity index (χ0v) is 15.0. The van der Waals surface area contributed by atoms with Gasteiger partial charge in [0.25, 0.3) is 5.91 Å². The van der Waals surface area contributed by atoms with Crippen molar-refractivity contribution in [3.8, 4) is 11.1 Å². The van der Waals surface area contributed by atoms with Crippen LogP contribution in [0.4, 0.5) is 5.82 Å². The van der Waals surface area contributed by atoms with Gasteiger partial charge in [-0.3, -0.25) is 9.48 Å². The summed E-state index contributed by atoms with van der Waals surface area (Å²) in [5.41, 5.74) is 2.96. The third kappa shape index (κ3) is 2.79. The number of hydrogen-bond acceptors (Lipinski definition) is 5. The third-order valence-electron chi connectivity index (χ3n) is 4.63. The Morgan fingerprint density at radius 1 is 1.00 bits per heavy atom. The second-order valence-electron chi connectivity index (χ2n) is 6.54.